The van der Waals surface area contributed by atoms with E-state index >= 15 is 0 Å². The van der Waals surface area contributed by atoms with Crippen molar-refractivity contribution in [2.24, 2.45) is 5.41 Å². The van der Waals surface area contributed by atoms with E-state index in [1.165, 1.54) is 4.81 Å². The first-order valence-electron chi connectivity index (χ1n) is 2.75. The standard InChI is InChI=1S/C7H13.Pt/c1-5-6-7(2,3)4;/h5H,1-2,6H2,3-4H3;. The monoisotopic (exact) mass is 292 g/mol. The minimum atomic E-state index is 0.462. The van der Waals surface area contributed by atoms with Crippen molar-refractivity contribution in [1.29, 1.82) is 0 Å². The molecule has 0 aliphatic heterocycles. The maximum atomic E-state index is 3.69. The summed E-state index contributed by atoms with van der Waals surface area (Å²) in [7, 11) is 0. The topological polar surface area (TPSA) is 0 Å². The van der Waals surface area contributed by atoms with Crippen molar-refractivity contribution in [3.63, 3.8) is 0 Å². The molecule has 0 spiro atoms. The van der Waals surface area contributed by atoms with Crippen molar-refractivity contribution < 1.29 is 19.8 Å². The molecule has 0 heterocycles. The summed E-state index contributed by atoms with van der Waals surface area (Å²) in [5, 5.41) is 0. The summed E-state index contributed by atoms with van der Waals surface area (Å²) in [6, 6.07) is 0. The van der Waals surface area contributed by atoms with Gasteiger partial charge in [-0.15, -0.1) is 0 Å². The zero-order chi connectivity index (χ0) is 6.62. The number of rotatable bonds is 3. The summed E-state index contributed by atoms with van der Waals surface area (Å²) < 4.78 is 0. The Morgan fingerprint density at radius 1 is 1.62 bits per heavy atom. The molecule has 0 N–H and O–H groups in total. The summed E-state index contributed by atoms with van der Waals surface area (Å²) >= 11 is 2.39. The third-order valence-corrected chi connectivity index (χ3v) is 3.17. The average molecular weight is 292 g/mol. The molecule has 0 saturated heterocycles. The Morgan fingerprint density at radius 2 is 2.12 bits per heavy atom. The predicted molar refractivity (Wildman–Crippen MR) is 33.4 cm³/mol. The first-order valence-corrected chi connectivity index (χ1v) is 4.35. The molecule has 0 rings (SSSR count). The van der Waals surface area contributed by atoms with Gasteiger partial charge in [-0.3, -0.25) is 0 Å². The van der Waals surface area contributed by atoms with Gasteiger partial charge in [-0.1, -0.05) is 0 Å². The van der Waals surface area contributed by atoms with E-state index in [1.54, 1.807) is 0 Å². The molecular weight excluding hydrogens is 279 g/mol. The third kappa shape index (κ3) is 3.43. The Morgan fingerprint density at radius 3 is 2.25 bits per heavy atom. The molecule has 0 bridgehead atoms. The molecule has 0 aromatic carbocycles. The van der Waals surface area contributed by atoms with E-state index in [-0.39, 0.29) is 0 Å². The van der Waals surface area contributed by atoms with Gasteiger partial charge in [0, 0.05) is 0 Å². The maximum absolute atomic E-state index is 3.69. The van der Waals surface area contributed by atoms with Gasteiger partial charge in [-0.2, -0.15) is 0 Å². The van der Waals surface area contributed by atoms with Crippen LogP contribution in [-0.4, -0.2) is 0 Å². The molecule has 0 saturated carbocycles. The van der Waals surface area contributed by atoms with Crippen LogP contribution in [0.15, 0.2) is 12.7 Å². The second-order valence-electron chi connectivity index (χ2n) is 2.77. The van der Waals surface area contributed by atoms with Crippen LogP contribution >= 0.6 is 0 Å². The van der Waals surface area contributed by atoms with Crippen LogP contribution in [-0.2, 0) is 19.8 Å². The number of hydrogen-bond acceptors (Lipinski definition) is 0. The van der Waals surface area contributed by atoms with Crippen LogP contribution in [0.1, 0.15) is 20.3 Å². The molecule has 51 valence electrons. The SMILES string of the molecule is C=CCC(C)(C)[CH2][Pt]. The van der Waals surface area contributed by atoms with Crippen LogP contribution in [0.4, 0.5) is 0 Å². The Balaban J connectivity index is 3.53. The summed E-state index contributed by atoms with van der Waals surface area (Å²) in [6.45, 7) is 8.19. The molecular formula is C7H13Pt. The molecule has 0 unspecified atom stereocenters. The summed E-state index contributed by atoms with van der Waals surface area (Å²) in [5.74, 6) is 0. The fourth-order valence-corrected chi connectivity index (χ4v) is 0.764. The second kappa shape index (κ2) is 3.45. The first-order chi connectivity index (χ1) is 3.62. The van der Waals surface area contributed by atoms with Crippen molar-refractivity contribution >= 4 is 0 Å². The summed E-state index contributed by atoms with van der Waals surface area (Å²) in [5.41, 5.74) is 0.462. The van der Waals surface area contributed by atoms with Crippen LogP contribution in [0.5, 0.6) is 0 Å². The van der Waals surface area contributed by atoms with Gasteiger partial charge in [-0.25, -0.2) is 0 Å². The van der Waals surface area contributed by atoms with E-state index in [9.17, 15) is 0 Å². The molecule has 0 aromatic heterocycles. The van der Waals surface area contributed by atoms with E-state index in [4.69, 9.17) is 0 Å². The molecule has 0 aromatic rings. The fraction of sp³-hybridized carbons (Fsp3) is 0.714. The quantitative estimate of drug-likeness (QED) is 0.701. The predicted octanol–water partition coefficient (Wildman–Crippen LogP) is 2.55. The average Bonchev–Trinajstić information content (AvgIpc) is 1.67. The van der Waals surface area contributed by atoms with Gasteiger partial charge in [0.15, 0.2) is 0 Å². The van der Waals surface area contributed by atoms with Gasteiger partial charge in [-0.05, 0) is 0 Å². The van der Waals surface area contributed by atoms with Crippen LogP contribution in [0.25, 0.3) is 0 Å². The summed E-state index contributed by atoms with van der Waals surface area (Å²) in [6.07, 6.45) is 3.11. The van der Waals surface area contributed by atoms with Crippen molar-refractivity contribution in [1.82, 2.24) is 0 Å². The zero-order valence-electron chi connectivity index (χ0n) is 5.51. The van der Waals surface area contributed by atoms with Crippen molar-refractivity contribution in [2.75, 3.05) is 0 Å². The fourth-order valence-electron chi connectivity index (χ4n) is 0.436. The van der Waals surface area contributed by atoms with Crippen molar-refractivity contribution in [2.45, 2.75) is 25.1 Å². The van der Waals surface area contributed by atoms with Crippen LogP contribution in [0.2, 0.25) is 4.81 Å². The van der Waals surface area contributed by atoms with Gasteiger partial charge in [0.25, 0.3) is 0 Å². The van der Waals surface area contributed by atoms with Gasteiger partial charge >= 0.3 is 63.0 Å². The van der Waals surface area contributed by atoms with Gasteiger partial charge < -0.3 is 0 Å². The van der Waals surface area contributed by atoms with Gasteiger partial charge in [0.1, 0.15) is 0 Å². The molecule has 8 heavy (non-hydrogen) atoms. The van der Waals surface area contributed by atoms with Crippen molar-refractivity contribution in [3.05, 3.63) is 12.7 Å². The molecule has 0 fully saturated rings. The Labute approximate surface area is 63.3 Å². The normalized spacial score (nSPS) is 11.5. The van der Waals surface area contributed by atoms with E-state index < -0.39 is 0 Å². The van der Waals surface area contributed by atoms with Gasteiger partial charge in [0.05, 0.1) is 0 Å². The van der Waals surface area contributed by atoms with Crippen LogP contribution in [0.3, 0.4) is 0 Å². The molecule has 0 aliphatic carbocycles. The van der Waals surface area contributed by atoms with Crippen LogP contribution in [0, 0.1) is 5.41 Å². The molecule has 0 aliphatic rings. The Kier molecular flexibility index (Phi) is 3.64. The molecule has 0 nitrogen and oxygen atoms in total. The Bertz CT molecular complexity index is 74.5. The van der Waals surface area contributed by atoms with E-state index in [2.05, 4.69) is 40.2 Å². The second-order valence-corrected chi connectivity index (χ2v) is 3.57. The third-order valence-electron chi connectivity index (χ3n) is 1.000. The first kappa shape index (κ1) is 8.43. The summed E-state index contributed by atoms with van der Waals surface area (Å²) in [4.78, 5) is 1.21. The van der Waals surface area contributed by atoms with Crippen molar-refractivity contribution in [3.8, 4) is 0 Å². The van der Waals surface area contributed by atoms with E-state index in [0.717, 1.165) is 6.42 Å². The van der Waals surface area contributed by atoms with E-state index in [1.807, 2.05) is 6.08 Å². The number of allylic oxidation sites excluding steroid dienone is 1. The molecule has 0 amide bonds. The molecule has 1 heteroatoms. The number of hydrogen-bond donors (Lipinski definition) is 0. The molecule has 0 atom stereocenters. The van der Waals surface area contributed by atoms with Gasteiger partial charge in [0.2, 0.25) is 0 Å². The molecule has 0 radical (unpaired) electrons. The minimum absolute atomic E-state index is 0.462. The van der Waals surface area contributed by atoms with Crippen LogP contribution < -0.4 is 0 Å². The zero-order valence-corrected chi connectivity index (χ0v) is 7.79. The Hall–Kier alpha value is 0.428. The van der Waals surface area contributed by atoms with E-state index in [0.29, 0.717) is 5.41 Å².